The SMILES string of the molecule is CC(=O)Oc1c(I)cc(C=C2N=C(c3cc(C4=NC(=Cc5cc(I)c(OC(C)=O)c(I)c5)C(=O)O4)cc(C4=NC(=Cc5cc(I)c(OC(C)=O)c(I)c5)C(=O)O4)c3)OC2=O)cc1I. The van der Waals surface area contributed by atoms with Crippen molar-refractivity contribution in [2.45, 2.75) is 20.8 Å². The zero-order chi connectivity index (χ0) is 45.4. The summed E-state index contributed by atoms with van der Waals surface area (Å²) in [6.07, 6.45) is 4.55. The molecule has 0 bridgehead atoms. The molecule has 0 aliphatic carbocycles. The minimum Gasteiger partial charge on any atom is -0.424 e. The molecule has 0 saturated heterocycles. The predicted molar refractivity (Wildman–Crippen MR) is 278 cm³/mol. The van der Waals surface area contributed by atoms with Gasteiger partial charge in [0, 0.05) is 37.5 Å². The fourth-order valence-electron chi connectivity index (χ4n) is 5.78. The number of halogens is 6. The van der Waals surface area contributed by atoms with Crippen LogP contribution in [0.1, 0.15) is 54.2 Å². The van der Waals surface area contributed by atoms with E-state index in [0.717, 1.165) is 0 Å². The number of carbonyl (C=O) groups excluding carboxylic acids is 6. The van der Waals surface area contributed by atoms with E-state index in [1.807, 2.05) is 136 Å². The highest BCUT2D eigenvalue weighted by Gasteiger charge is 2.31. The van der Waals surface area contributed by atoms with Crippen LogP contribution in [0, 0.1) is 21.4 Å². The molecule has 0 atom stereocenters. The highest BCUT2D eigenvalue weighted by atomic mass is 127. The summed E-state index contributed by atoms with van der Waals surface area (Å²) in [4.78, 5) is 88.1. The number of cyclic esters (lactones) is 3. The van der Waals surface area contributed by atoms with Crippen LogP contribution in [0.5, 0.6) is 17.2 Å². The summed E-state index contributed by atoms with van der Waals surface area (Å²) in [6.45, 7) is 3.91. The van der Waals surface area contributed by atoms with Gasteiger partial charge in [-0.3, -0.25) is 14.4 Å². The van der Waals surface area contributed by atoms with Crippen LogP contribution >= 0.6 is 136 Å². The van der Waals surface area contributed by atoms with E-state index in [0.29, 0.717) is 55.4 Å². The van der Waals surface area contributed by atoms with E-state index >= 15 is 0 Å². The number of rotatable bonds is 9. The molecule has 318 valence electrons. The standard InChI is InChI=1S/C42H21I6N3O12/c1-16(52)58-34-25(43)4-19(5-26(34)44)10-31-40(55)61-37(49-31)22-13-23(38-50-32(41(56)62-38)11-20-6-27(45)35(28(46)7-20)59-17(2)53)15-24(14-22)39-51-33(42(57)63-39)12-21-8-29(47)36(30(48)9-21)60-18(3)54/h4-15H,1-3H3. The van der Waals surface area contributed by atoms with Crippen molar-refractivity contribution in [2.24, 2.45) is 15.0 Å². The summed E-state index contributed by atoms with van der Waals surface area (Å²) in [5, 5.41) is 0. The molecule has 0 unspecified atom stereocenters. The first-order valence-corrected chi connectivity index (χ1v) is 24.1. The van der Waals surface area contributed by atoms with E-state index in [1.54, 1.807) is 36.4 Å². The first kappa shape index (κ1) is 47.3. The van der Waals surface area contributed by atoms with Gasteiger partial charge in [-0.2, -0.15) is 0 Å². The van der Waals surface area contributed by atoms with Crippen molar-refractivity contribution < 1.29 is 57.2 Å². The summed E-state index contributed by atoms with van der Waals surface area (Å²) in [5.41, 5.74) is 2.29. The van der Waals surface area contributed by atoms with Gasteiger partial charge in [-0.25, -0.2) is 29.4 Å². The molecule has 63 heavy (non-hydrogen) atoms. The molecule has 0 radical (unpaired) electrons. The minimum absolute atomic E-state index is 0.0403. The fraction of sp³-hybridized carbons (Fsp3) is 0.0714. The first-order valence-electron chi connectivity index (χ1n) is 17.6. The quantitative estimate of drug-likeness (QED) is 0.0508. The lowest BCUT2D eigenvalue weighted by Gasteiger charge is -2.08. The normalized spacial score (nSPS) is 16.4. The average molecular weight is 1520 g/mol. The highest BCUT2D eigenvalue weighted by Crippen LogP contribution is 2.34. The van der Waals surface area contributed by atoms with E-state index in [-0.39, 0.29) is 51.5 Å². The Morgan fingerprint density at radius 1 is 0.429 bits per heavy atom. The van der Waals surface area contributed by atoms with Crippen LogP contribution in [-0.4, -0.2) is 53.5 Å². The van der Waals surface area contributed by atoms with E-state index < -0.39 is 35.8 Å². The van der Waals surface area contributed by atoms with Crippen molar-refractivity contribution >= 4 is 207 Å². The van der Waals surface area contributed by atoms with Gasteiger partial charge in [0.25, 0.3) is 0 Å². The third-order valence-corrected chi connectivity index (χ3v) is 13.1. The molecule has 0 spiro atoms. The molecule has 0 N–H and O–H groups in total. The molecule has 4 aromatic rings. The number of carbonyl (C=O) groups is 6. The topological polar surface area (TPSA) is 195 Å². The van der Waals surface area contributed by atoms with Crippen molar-refractivity contribution in [2.75, 3.05) is 0 Å². The number of aliphatic imine (C=N–C) groups is 3. The molecule has 21 heteroatoms. The summed E-state index contributed by atoms with van der Waals surface area (Å²) < 4.78 is 36.7. The second-order valence-corrected chi connectivity index (χ2v) is 20.0. The maximum atomic E-state index is 13.3. The van der Waals surface area contributed by atoms with Gasteiger partial charge in [-0.15, -0.1) is 0 Å². The molecule has 15 nitrogen and oxygen atoms in total. The maximum Gasteiger partial charge on any atom is 0.363 e. The van der Waals surface area contributed by atoms with Crippen molar-refractivity contribution in [3.8, 4) is 17.2 Å². The van der Waals surface area contributed by atoms with Gasteiger partial charge < -0.3 is 28.4 Å². The number of hydrogen-bond acceptors (Lipinski definition) is 15. The Morgan fingerprint density at radius 3 is 0.857 bits per heavy atom. The zero-order valence-corrected chi connectivity index (χ0v) is 44.9. The molecule has 3 heterocycles. The van der Waals surface area contributed by atoms with Crippen LogP contribution in [0.25, 0.3) is 18.2 Å². The maximum absolute atomic E-state index is 13.3. The summed E-state index contributed by atoms with van der Waals surface area (Å²) in [5.74, 6) is -2.90. The molecule has 0 saturated carbocycles. The van der Waals surface area contributed by atoms with Crippen LogP contribution in [0.15, 0.2) is 86.7 Å². The molecule has 7 rings (SSSR count). The monoisotopic (exact) mass is 1520 g/mol. The number of ether oxygens (including phenoxy) is 6. The van der Waals surface area contributed by atoms with Gasteiger partial charge in [0.05, 0.1) is 21.4 Å². The van der Waals surface area contributed by atoms with Crippen molar-refractivity contribution in [1.29, 1.82) is 0 Å². The van der Waals surface area contributed by atoms with Crippen molar-refractivity contribution in [3.05, 3.63) is 126 Å². The molecule has 0 fully saturated rings. The van der Waals surface area contributed by atoms with E-state index in [4.69, 9.17) is 28.4 Å². The van der Waals surface area contributed by atoms with Crippen LogP contribution in [0.3, 0.4) is 0 Å². The lowest BCUT2D eigenvalue weighted by Crippen LogP contribution is -2.13. The van der Waals surface area contributed by atoms with Crippen LogP contribution in [0.2, 0.25) is 0 Å². The predicted octanol–water partition coefficient (Wildman–Crippen LogP) is 9.12. The fourth-order valence-corrected chi connectivity index (χ4v) is 11.9. The molecule has 3 aliphatic heterocycles. The van der Waals surface area contributed by atoms with Gasteiger partial charge in [-0.1, -0.05) is 0 Å². The van der Waals surface area contributed by atoms with Crippen LogP contribution in [0.4, 0.5) is 0 Å². The lowest BCUT2D eigenvalue weighted by molar-refractivity contribution is -0.132. The Labute approximate surface area is 438 Å². The number of nitrogens with zero attached hydrogens (tertiary/aromatic N) is 3. The smallest absolute Gasteiger partial charge is 0.363 e. The summed E-state index contributed by atoms with van der Waals surface area (Å²) in [6, 6.07) is 14.9. The van der Waals surface area contributed by atoms with Crippen LogP contribution < -0.4 is 14.2 Å². The molecule has 3 aliphatic rings. The van der Waals surface area contributed by atoms with E-state index in [1.165, 1.54) is 57.2 Å². The second-order valence-electron chi connectivity index (χ2n) is 13.0. The van der Waals surface area contributed by atoms with Crippen LogP contribution in [-0.2, 0) is 43.0 Å². The first-order chi connectivity index (χ1) is 29.8. The van der Waals surface area contributed by atoms with Gasteiger partial charge in [0.2, 0.25) is 17.7 Å². The number of benzene rings is 4. The molecular weight excluding hydrogens is 1500 g/mol. The van der Waals surface area contributed by atoms with Crippen molar-refractivity contribution in [1.82, 2.24) is 0 Å². The Balaban J connectivity index is 1.30. The Morgan fingerprint density at radius 2 is 0.651 bits per heavy atom. The second kappa shape index (κ2) is 19.8. The van der Waals surface area contributed by atoms with Gasteiger partial charge in [-0.05, 0) is 225 Å². The number of hydrogen-bond donors (Lipinski definition) is 0. The summed E-state index contributed by atoms with van der Waals surface area (Å²) >= 11 is 12.2. The lowest BCUT2D eigenvalue weighted by atomic mass is 10.0. The Hall–Kier alpha value is -3.69. The molecule has 4 aromatic carbocycles. The zero-order valence-electron chi connectivity index (χ0n) is 31.9. The third-order valence-electron chi connectivity index (χ3n) is 8.24. The minimum atomic E-state index is -0.760. The molecule has 0 amide bonds. The van der Waals surface area contributed by atoms with Crippen molar-refractivity contribution in [3.63, 3.8) is 0 Å². The summed E-state index contributed by atoms with van der Waals surface area (Å²) in [7, 11) is 0. The molecule has 0 aromatic heterocycles. The highest BCUT2D eigenvalue weighted by molar-refractivity contribution is 14.1. The van der Waals surface area contributed by atoms with E-state index in [9.17, 15) is 28.8 Å². The van der Waals surface area contributed by atoms with Gasteiger partial charge >= 0.3 is 35.8 Å². The Kier molecular flexibility index (Phi) is 14.9. The van der Waals surface area contributed by atoms with Gasteiger partial charge in [0.15, 0.2) is 34.3 Å². The number of esters is 6. The Bertz CT molecular complexity index is 2580. The molecular formula is C42H21I6N3O12. The van der Waals surface area contributed by atoms with E-state index in [2.05, 4.69) is 15.0 Å². The van der Waals surface area contributed by atoms with Gasteiger partial charge in [0.1, 0.15) is 0 Å². The largest absolute Gasteiger partial charge is 0.424 e. The average Bonchev–Trinajstić information content (AvgIpc) is 3.87. The third kappa shape index (κ3) is 11.2.